The highest BCUT2D eigenvalue weighted by atomic mass is 32.2. The molecule has 1 aromatic rings. The number of hydrogen-bond acceptors (Lipinski definition) is 4. The van der Waals surface area contributed by atoms with Crippen LogP contribution < -0.4 is 0 Å². The van der Waals surface area contributed by atoms with Gasteiger partial charge >= 0.3 is 9.46 Å². The zero-order chi connectivity index (χ0) is 6.69. The summed E-state index contributed by atoms with van der Waals surface area (Å²) < 4.78 is 8.38. The van der Waals surface area contributed by atoms with Gasteiger partial charge in [-0.25, -0.2) is 0 Å². The molecule has 0 atom stereocenters. The fourth-order valence-corrected chi connectivity index (χ4v) is 3.00. The molecule has 0 aliphatic rings. The number of thioether (sulfide) groups is 2. The first kappa shape index (κ1) is 7.36. The summed E-state index contributed by atoms with van der Waals surface area (Å²) in [4.78, 5) is 0. The van der Waals surface area contributed by atoms with Gasteiger partial charge in [0.15, 0.2) is 0 Å². The van der Waals surface area contributed by atoms with E-state index in [-0.39, 0.29) is 0 Å². The summed E-state index contributed by atoms with van der Waals surface area (Å²) in [6, 6.07) is 0. The Hall–Kier alpha value is 0.257. The first-order valence-electron chi connectivity index (χ1n) is 2.37. The number of nitrogens with zero attached hydrogens (tertiary/aromatic N) is 2. The second kappa shape index (κ2) is 3.43. The van der Waals surface area contributed by atoms with Gasteiger partial charge in [-0.1, -0.05) is 0 Å². The third-order valence-electron chi connectivity index (χ3n) is 0.873. The summed E-state index contributed by atoms with van der Waals surface area (Å²) in [5, 5.41) is 2.20. The predicted molar refractivity (Wildman–Crippen MR) is 42.5 cm³/mol. The molecule has 0 amide bonds. The molecule has 1 rings (SSSR count). The number of aromatic nitrogens is 2. The van der Waals surface area contributed by atoms with Crippen molar-refractivity contribution >= 4 is 33.0 Å². The van der Waals surface area contributed by atoms with Gasteiger partial charge in [0.2, 0.25) is 10.1 Å². The van der Waals surface area contributed by atoms with Crippen molar-refractivity contribution in [2.45, 2.75) is 10.1 Å². The largest absolute Gasteiger partial charge is 1.36 e. The molecule has 0 spiro atoms. The van der Waals surface area contributed by atoms with Crippen molar-refractivity contribution in [3.63, 3.8) is 0 Å². The predicted octanol–water partition coefficient (Wildman–Crippen LogP) is 0.977. The maximum atomic E-state index is 4.19. The molecule has 46 valence electrons. The average Bonchev–Trinajstić information content (AvgIpc) is 2.33. The van der Waals surface area contributed by atoms with Crippen LogP contribution in [0, 0.1) is 0 Å². The van der Waals surface area contributed by atoms with Crippen molar-refractivity contribution in [3.8, 4) is 0 Å². The molecule has 5 heteroatoms. The van der Waals surface area contributed by atoms with Gasteiger partial charge in [0.1, 0.15) is 9.28 Å². The molecule has 2 nitrogen and oxygen atoms in total. The third-order valence-corrected chi connectivity index (χ3v) is 3.32. The van der Waals surface area contributed by atoms with E-state index in [0.29, 0.717) is 9.46 Å². The summed E-state index contributed by atoms with van der Waals surface area (Å²) in [6.07, 6.45) is 4.06. The van der Waals surface area contributed by atoms with Crippen LogP contribution in [0.5, 0.6) is 0 Å². The molecule has 0 fully saturated rings. The van der Waals surface area contributed by atoms with E-state index >= 15 is 0 Å². The maximum Gasteiger partial charge on any atom is 1.36 e. The molecule has 0 unspecified atom stereocenters. The van der Waals surface area contributed by atoms with Crippen molar-refractivity contribution in [3.05, 3.63) is 0 Å². The quantitative estimate of drug-likeness (QED) is 0.493. The Bertz CT molecular complexity index is 170. The monoisotopic (exact) mass is 174 g/mol. The first-order valence-corrected chi connectivity index (χ1v) is 5.71. The molecule has 0 bridgehead atoms. The van der Waals surface area contributed by atoms with Gasteiger partial charge in [0, 0.05) is 0 Å². The highest BCUT2D eigenvalue weighted by molar-refractivity contribution is 8.01. The van der Waals surface area contributed by atoms with Crippen LogP contribution in [0.2, 0.25) is 0 Å². The molecule has 1 heterocycles. The van der Waals surface area contributed by atoms with E-state index in [1.165, 1.54) is 0 Å². The van der Waals surface area contributed by atoms with Crippen LogP contribution in [0.1, 0.15) is 0 Å². The topological polar surface area (TPSA) is 25.8 Å². The summed E-state index contributed by atoms with van der Waals surface area (Å²) in [5.74, 6) is 0. The Morgan fingerprint density at radius 1 is 1.11 bits per heavy atom. The molecular weight excluding hydrogens is 168 g/mol. The molecule has 0 aromatic carbocycles. The fourth-order valence-electron chi connectivity index (χ4n) is 0.477. The van der Waals surface area contributed by atoms with E-state index in [0.717, 1.165) is 10.1 Å². The average molecular weight is 174 g/mol. The molecule has 0 saturated heterocycles. The summed E-state index contributed by atoms with van der Waals surface area (Å²) in [5.41, 5.74) is 0. The Morgan fingerprint density at radius 2 is 1.56 bits per heavy atom. The van der Waals surface area contributed by atoms with E-state index in [1.54, 1.807) is 23.5 Å². The summed E-state index contributed by atoms with van der Waals surface area (Å²) in [6.45, 7) is 0. The fraction of sp³-hybridized carbons (Fsp3) is 0.500. The molecule has 0 saturated carbocycles. The van der Waals surface area contributed by atoms with Gasteiger partial charge < -0.3 is 0 Å². The molecule has 0 aliphatic heterocycles. The molecule has 0 radical (unpaired) electrons. The lowest BCUT2D eigenvalue weighted by Gasteiger charge is -1.81. The van der Waals surface area contributed by atoms with Gasteiger partial charge in [-0.05, 0) is 12.5 Å². The minimum atomic E-state index is 0.417. The number of hydrogen-bond donors (Lipinski definition) is 0. The van der Waals surface area contributed by atoms with Gasteiger partial charge in [-0.15, -0.1) is 23.5 Å². The normalized spacial score (nSPS) is 9.56. The smallest absolute Gasteiger partial charge is 0.101 e. The van der Waals surface area contributed by atoms with Crippen LogP contribution in [-0.2, 0) is 0 Å². The SMILES string of the molecule is CSc1n[si+2]nc1SC. The molecule has 1 aromatic heterocycles. The van der Waals surface area contributed by atoms with Crippen molar-refractivity contribution in [1.82, 2.24) is 9.28 Å². The second-order valence-corrected chi connectivity index (χ2v) is 3.58. The number of rotatable bonds is 2. The summed E-state index contributed by atoms with van der Waals surface area (Å²) in [7, 11) is 0.417. The van der Waals surface area contributed by atoms with Crippen LogP contribution in [0.25, 0.3) is 0 Å². The van der Waals surface area contributed by atoms with Crippen LogP contribution in [0.15, 0.2) is 10.1 Å². The van der Waals surface area contributed by atoms with Crippen LogP contribution in [0.3, 0.4) is 0 Å². The van der Waals surface area contributed by atoms with Crippen molar-refractivity contribution in [2.75, 3.05) is 12.5 Å². The van der Waals surface area contributed by atoms with E-state index < -0.39 is 0 Å². The highest BCUT2D eigenvalue weighted by Crippen LogP contribution is 2.21. The molecule has 9 heavy (non-hydrogen) atoms. The van der Waals surface area contributed by atoms with Gasteiger partial charge in [-0.3, -0.25) is 0 Å². The lowest BCUT2D eigenvalue weighted by molar-refractivity contribution is 1.09. The second-order valence-electron chi connectivity index (χ2n) is 1.34. The standard InChI is InChI=1S/C4H6N2S2Si/c1-7-3-4(8-2)6-9-5-3/h1-2H3/q+2. The lowest BCUT2D eigenvalue weighted by atomic mass is 10.9. The first-order chi connectivity index (χ1) is 4.38. The van der Waals surface area contributed by atoms with E-state index in [4.69, 9.17) is 0 Å². The van der Waals surface area contributed by atoms with E-state index in [1.807, 2.05) is 12.5 Å². The Labute approximate surface area is 65.1 Å². The third kappa shape index (κ3) is 1.59. The van der Waals surface area contributed by atoms with Crippen molar-refractivity contribution < 1.29 is 0 Å². The maximum absolute atomic E-state index is 4.19. The molecule has 0 N–H and O–H groups in total. The van der Waals surface area contributed by atoms with Crippen LogP contribution >= 0.6 is 23.5 Å². The zero-order valence-corrected chi connectivity index (χ0v) is 7.84. The Morgan fingerprint density at radius 3 is 1.89 bits per heavy atom. The lowest BCUT2D eigenvalue weighted by Crippen LogP contribution is -1.70. The van der Waals surface area contributed by atoms with Gasteiger partial charge in [0.25, 0.3) is 0 Å². The summed E-state index contributed by atoms with van der Waals surface area (Å²) >= 11 is 3.34. The van der Waals surface area contributed by atoms with Crippen molar-refractivity contribution in [1.29, 1.82) is 0 Å². The Balaban J connectivity index is 2.85. The highest BCUT2D eigenvalue weighted by Gasteiger charge is 2.33. The molecule has 0 aliphatic carbocycles. The zero-order valence-electron chi connectivity index (χ0n) is 5.21. The minimum absolute atomic E-state index is 0.417. The molecular formula is C4H6N2S2Si+2. The van der Waals surface area contributed by atoms with Gasteiger partial charge in [0.05, 0.1) is 0 Å². The minimum Gasteiger partial charge on any atom is -0.101 e. The van der Waals surface area contributed by atoms with Crippen LogP contribution in [-0.4, -0.2) is 31.2 Å². The van der Waals surface area contributed by atoms with Gasteiger partial charge in [-0.2, -0.15) is 0 Å². The Kier molecular flexibility index (Phi) is 2.81. The van der Waals surface area contributed by atoms with Crippen LogP contribution in [0.4, 0.5) is 0 Å². The van der Waals surface area contributed by atoms with E-state index in [9.17, 15) is 0 Å². The van der Waals surface area contributed by atoms with E-state index in [2.05, 4.69) is 9.28 Å². The van der Waals surface area contributed by atoms with Crippen molar-refractivity contribution in [2.24, 2.45) is 0 Å².